The lowest BCUT2D eigenvalue weighted by molar-refractivity contribution is -0.116. The molecule has 1 amide bonds. The van der Waals surface area contributed by atoms with Gasteiger partial charge in [-0.15, -0.1) is 15.3 Å². The van der Waals surface area contributed by atoms with Gasteiger partial charge >= 0.3 is 5.97 Å². The van der Waals surface area contributed by atoms with Crippen molar-refractivity contribution in [2.75, 3.05) is 5.32 Å². The lowest BCUT2D eigenvalue weighted by Crippen LogP contribution is -2.19. The summed E-state index contributed by atoms with van der Waals surface area (Å²) < 4.78 is 1.14. The summed E-state index contributed by atoms with van der Waals surface area (Å²) in [6.07, 6.45) is 1.18. The predicted molar refractivity (Wildman–Crippen MR) is 69.6 cm³/mol. The number of hydrogen-bond acceptors (Lipinski definition) is 7. The molecule has 2 heterocycles. The second kappa shape index (κ2) is 5.74. The molecule has 9 nitrogen and oxygen atoms in total. The van der Waals surface area contributed by atoms with Crippen LogP contribution >= 0.6 is 11.3 Å². The Balaban J connectivity index is 1.95. The van der Waals surface area contributed by atoms with Crippen LogP contribution in [0.1, 0.15) is 35.3 Å². The van der Waals surface area contributed by atoms with Crippen molar-refractivity contribution in [1.29, 1.82) is 0 Å². The highest BCUT2D eigenvalue weighted by Crippen LogP contribution is 2.22. The molecular weight excluding hydrogens is 284 g/mol. The zero-order chi connectivity index (χ0) is 14.7. The summed E-state index contributed by atoms with van der Waals surface area (Å²) in [5.41, 5.74) is -0.212. The third-order valence-corrected chi connectivity index (χ3v) is 3.38. The van der Waals surface area contributed by atoms with Gasteiger partial charge in [-0.3, -0.25) is 10.1 Å². The van der Waals surface area contributed by atoms with E-state index in [1.165, 1.54) is 17.5 Å². The van der Waals surface area contributed by atoms with Gasteiger partial charge in [-0.1, -0.05) is 30.4 Å². The first-order valence-corrected chi connectivity index (χ1v) is 6.54. The Hall–Kier alpha value is -2.36. The number of carbonyl (C=O) groups is 2. The third-order valence-electron chi connectivity index (χ3n) is 2.24. The monoisotopic (exact) mass is 296 g/mol. The van der Waals surface area contributed by atoms with E-state index in [1.54, 1.807) is 0 Å². The van der Waals surface area contributed by atoms with Crippen molar-refractivity contribution in [3.63, 3.8) is 0 Å². The molecule has 0 atom stereocenters. The van der Waals surface area contributed by atoms with Crippen LogP contribution < -0.4 is 5.32 Å². The van der Waals surface area contributed by atoms with Crippen molar-refractivity contribution in [3.8, 4) is 0 Å². The molecule has 0 spiro atoms. The lowest BCUT2D eigenvalue weighted by atomic mass is 10.2. The van der Waals surface area contributed by atoms with Crippen LogP contribution in [0.3, 0.4) is 0 Å². The molecule has 0 bridgehead atoms. The van der Waals surface area contributed by atoms with Gasteiger partial charge in [-0.25, -0.2) is 9.48 Å². The highest BCUT2D eigenvalue weighted by Gasteiger charge is 2.13. The number of aromatic nitrogens is 5. The normalized spacial score (nSPS) is 10.8. The molecule has 2 rings (SSSR count). The van der Waals surface area contributed by atoms with Gasteiger partial charge in [0.05, 0.1) is 6.20 Å². The molecule has 0 unspecified atom stereocenters. The molecule has 106 valence electrons. The third kappa shape index (κ3) is 3.35. The number of amides is 1. The van der Waals surface area contributed by atoms with Crippen molar-refractivity contribution in [2.45, 2.75) is 26.3 Å². The molecule has 0 aliphatic carbocycles. The van der Waals surface area contributed by atoms with E-state index in [0.29, 0.717) is 5.13 Å². The minimum absolute atomic E-state index is 0.142. The summed E-state index contributed by atoms with van der Waals surface area (Å²) >= 11 is 1.30. The number of nitrogens with one attached hydrogen (secondary N) is 1. The Kier molecular flexibility index (Phi) is 4.03. The molecule has 2 N–H and O–H groups in total. The molecule has 0 fully saturated rings. The van der Waals surface area contributed by atoms with Crippen LogP contribution in [0.15, 0.2) is 6.20 Å². The largest absolute Gasteiger partial charge is 0.476 e. The molecule has 2 aromatic rings. The van der Waals surface area contributed by atoms with Crippen LogP contribution in [0, 0.1) is 0 Å². The summed E-state index contributed by atoms with van der Waals surface area (Å²) in [6, 6.07) is 0. The van der Waals surface area contributed by atoms with Gasteiger partial charge in [0.2, 0.25) is 11.0 Å². The van der Waals surface area contributed by atoms with Crippen LogP contribution in [-0.2, 0) is 11.3 Å². The first-order valence-electron chi connectivity index (χ1n) is 5.72. The van der Waals surface area contributed by atoms with Gasteiger partial charge in [-0.05, 0) is 0 Å². The first kappa shape index (κ1) is 14.1. The van der Waals surface area contributed by atoms with Gasteiger partial charge in [0.15, 0.2) is 5.69 Å². The topological polar surface area (TPSA) is 123 Å². The number of carboxylic acids is 1. The van der Waals surface area contributed by atoms with E-state index in [-0.39, 0.29) is 24.1 Å². The van der Waals surface area contributed by atoms with E-state index in [0.717, 1.165) is 9.69 Å². The molecule has 20 heavy (non-hydrogen) atoms. The van der Waals surface area contributed by atoms with Crippen molar-refractivity contribution >= 4 is 28.3 Å². The fourth-order valence-corrected chi connectivity index (χ4v) is 2.06. The van der Waals surface area contributed by atoms with Crippen LogP contribution in [-0.4, -0.2) is 42.2 Å². The highest BCUT2D eigenvalue weighted by atomic mass is 32.1. The van der Waals surface area contributed by atoms with E-state index in [9.17, 15) is 9.59 Å². The number of hydrogen-bond donors (Lipinski definition) is 2. The van der Waals surface area contributed by atoms with E-state index < -0.39 is 5.97 Å². The zero-order valence-corrected chi connectivity index (χ0v) is 11.6. The molecule has 0 aromatic carbocycles. The quantitative estimate of drug-likeness (QED) is 0.827. The highest BCUT2D eigenvalue weighted by molar-refractivity contribution is 7.15. The van der Waals surface area contributed by atoms with Gasteiger partial charge in [0.25, 0.3) is 0 Å². The summed E-state index contributed by atoms with van der Waals surface area (Å²) in [5.74, 6) is -1.33. The summed E-state index contributed by atoms with van der Waals surface area (Å²) in [5, 5.41) is 27.2. The number of aromatic carboxylic acids is 1. The maximum absolute atomic E-state index is 11.7. The first-order chi connectivity index (χ1) is 9.45. The maximum Gasteiger partial charge on any atom is 0.358 e. The fourth-order valence-electron chi connectivity index (χ4n) is 1.30. The number of carboxylic acid groups (broad SMARTS) is 1. The number of carbonyl (C=O) groups excluding carboxylic acids is 1. The van der Waals surface area contributed by atoms with Crippen molar-refractivity contribution in [2.24, 2.45) is 0 Å². The van der Waals surface area contributed by atoms with Crippen molar-refractivity contribution in [3.05, 3.63) is 16.9 Å². The Labute approximate surface area is 117 Å². The van der Waals surface area contributed by atoms with Gasteiger partial charge in [0.1, 0.15) is 11.6 Å². The average molecular weight is 296 g/mol. The molecule has 0 saturated carbocycles. The van der Waals surface area contributed by atoms with Crippen LogP contribution in [0.5, 0.6) is 0 Å². The fraction of sp³-hybridized carbons (Fsp3) is 0.400. The molecule has 0 saturated heterocycles. The zero-order valence-electron chi connectivity index (χ0n) is 10.8. The van der Waals surface area contributed by atoms with E-state index in [4.69, 9.17) is 5.11 Å². The van der Waals surface area contributed by atoms with Gasteiger partial charge < -0.3 is 5.11 Å². The maximum atomic E-state index is 11.7. The molecule has 0 aliphatic rings. The minimum atomic E-state index is -1.19. The lowest BCUT2D eigenvalue weighted by Gasteiger charge is -2.00. The molecular formula is C10H12N6O3S. The number of nitrogens with zero attached hydrogens (tertiary/aromatic N) is 5. The standard InChI is InChI=1S/C10H12N6O3S/c1-5(2)8-13-14-10(20-8)11-7(17)4-16-3-6(9(18)19)12-15-16/h3,5H,4H2,1-2H3,(H,18,19)(H,11,14,17). The summed E-state index contributed by atoms with van der Waals surface area (Å²) in [6.45, 7) is 3.82. The van der Waals surface area contributed by atoms with E-state index in [1.807, 2.05) is 13.8 Å². The summed E-state index contributed by atoms with van der Waals surface area (Å²) in [7, 11) is 0. The minimum Gasteiger partial charge on any atom is -0.476 e. The van der Waals surface area contributed by atoms with Gasteiger partial charge in [0, 0.05) is 5.92 Å². The molecule has 0 radical (unpaired) electrons. The predicted octanol–water partition coefficient (Wildman–Crippen LogP) is 0.590. The van der Waals surface area contributed by atoms with Crippen molar-refractivity contribution in [1.82, 2.24) is 25.2 Å². The average Bonchev–Trinajstić information content (AvgIpc) is 2.98. The second-order valence-electron chi connectivity index (χ2n) is 4.25. The van der Waals surface area contributed by atoms with Crippen molar-refractivity contribution < 1.29 is 14.7 Å². The van der Waals surface area contributed by atoms with E-state index >= 15 is 0 Å². The SMILES string of the molecule is CC(C)c1nnc(NC(=O)Cn2cc(C(=O)O)nn2)s1. The number of anilines is 1. The van der Waals surface area contributed by atoms with E-state index in [2.05, 4.69) is 25.8 Å². The molecule has 2 aromatic heterocycles. The Morgan fingerprint density at radius 1 is 1.40 bits per heavy atom. The van der Waals surface area contributed by atoms with Crippen LogP contribution in [0.4, 0.5) is 5.13 Å². The second-order valence-corrected chi connectivity index (χ2v) is 5.26. The van der Waals surface area contributed by atoms with Crippen LogP contribution in [0.2, 0.25) is 0 Å². The van der Waals surface area contributed by atoms with Crippen LogP contribution in [0.25, 0.3) is 0 Å². The smallest absolute Gasteiger partial charge is 0.358 e. The van der Waals surface area contributed by atoms with Gasteiger partial charge in [-0.2, -0.15) is 0 Å². The Morgan fingerprint density at radius 3 is 2.70 bits per heavy atom. The Bertz CT molecular complexity index is 634. The molecule has 0 aliphatic heterocycles. The molecule has 10 heteroatoms. The summed E-state index contributed by atoms with van der Waals surface area (Å²) in [4.78, 5) is 22.4. The number of rotatable bonds is 5. The Morgan fingerprint density at radius 2 is 2.15 bits per heavy atom.